The van der Waals surface area contributed by atoms with Gasteiger partial charge < -0.3 is 14.7 Å². The van der Waals surface area contributed by atoms with E-state index in [1.807, 2.05) is 0 Å². The van der Waals surface area contributed by atoms with Crippen LogP contribution < -0.4 is 14.7 Å². The van der Waals surface area contributed by atoms with Crippen molar-refractivity contribution in [3.63, 3.8) is 0 Å². The van der Waals surface area contributed by atoms with Crippen molar-refractivity contribution in [2.75, 3.05) is 14.7 Å². The van der Waals surface area contributed by atoms with Crippen molar-refractivity contribution < 1.29 is 0 Å². The summed E-state index contributed by atoms with van der Waals surface area (Å²) in [6.45, 7) is 15.6. The molecule has 3 saturated carbocycles. The van der Waals surface area contributed by atoms with Crippen LogP contribution in [-0.4, -0.2) is 16.6 Å². The molecule has 0 amide bonds. The molecule has 15 aromatic carbocycles. The minimum absolute atomic E-state index is 0.0206. The first-order chi connectivity index (χ1) is 50.9. The number of hydrogen-bond donors (Lipinski definition) is 0. The highest BCUT2D eigenvalue weighted by Crippen LogP contribution is 2.66. The first-order valence-corrected chi connectivity index (χ1v) is 39.4. The third kappa shape index (κ3) is 8.25. The lowest BCUT2D eigenvalue weighted by Crippen LogP contribution is -2.52. The Bertz CT molecular complexity index is 5700. The van der Waals surface area contributed by atoms with Gasteiger partial charge in [-0.1, -0.05) is 267 Å². The molecule has 3 aliphatic carbocycles. The molecule has 3 heteroatoms. The SMILES string of the molecule is CC12CCCCCC1(C)N(c1ccccc1)c1ccc(-c3ccc4c5c(-c6ccccc6)c6c7ccc(-c8ccc9c(c8)C8(C)CCCCCC8(C)N9c8ccccc8)c8c(-c9ccc%10c(c9)C9(C)CCCCCC9(C)N%10c9ccccc9)ccc(c6c(-c6ccccc6)c5c5cccc3c54)c87)cc12. The van der Waals surface area contributed by atoms with Crippen LogP contribution in [-0.2, 0) is 16.2 Å². The molecule has 3 fully saturated rings. The highest BCUT2D eigenvalue weighted by atomic mass is 15.3. The zero-order chi connectivity index (χ0) is 69.6. The molecular weight excluding hydrogens is 1260 g/mol. The molecule has 0 radical (unpaired) electrons. The third-order valence-electron chi connectivity index (χ3n) is 28.9. The van der Waals surface area contributed by atoms with E-state index >= 15 is 0 Å². The molecule has 0 bridgehead atoms. The lowest BCUT2D eigenvalue weighted by molar-refractivity contribution is 0.261. The maximum Gasteiger partial charge on any atom is 0.0517 e. The Balaban J connectivity index is 0.854. The van der Waals surface area contributed by atoms with Crippen molar-refractivity contribution in [1.82, 2.24) is 0 Å². The third-order valence-corrected chi connectivity index (χ3v) is 28.9. The molecule has 6 aliphatic rings. The van der Waals surface area contributed by atoms with Crippen LogP contribution in [0.4, 0.5) is 34.1 Å². The predicted octanol–water partition coefficient (Wildman–Crippen LogP) is 28.2. The average Bonchev–Trinajstić information content (AvgIpc) is 1.51. The van der Waals surface area contributed by atoms with Gasteiger partial charge in [0.15, 0.2) is 0 Å². The number of fused-ring (bicyclic) bond motifs is 15. The largest absolute Gasteiger partial charge is 0.334 e. The fourth-order valence-corrected chi connectivity index (χ4v) is 23.3. The summed E-state index contributed by atoms with van der Waals surface area (Å²) in [7, 11) is 0. The number of rotatable bonds is 8. The Morgan fingerprint density at radius 3 is 0.904 bits per heavy atom. The lowest BCUT2D eigenvalue weighted by Gasteiger charge is -2.46. The highest BCUT2D eigenvalue weighted by molar-refractivity contribution is 6.47. The summed E-state index contributed by atoms with van der Waals surface area (Å²) in [6.07, 6.45) is 18.3. The molecular formula is C101H91N3. The van der Waals surface area contributed by atoms with Crippen LogP contribution in [0.2, 0.25) is 0 Å². The molecule has 510 valence electrons. The quantitative estimate of drug-likeness (QED) is 0.150. The van der Waals surface area contributed by atoms with Gasteiger partial charge in [0.1, 0.15) is 0 Å². The fourth-order valence-electron chi connectivity index (χ4n) is 23.3. The minimum atomic E-state index is -0.0872. The summed E-state index contributed by atoms with van der Waals surface area (Å²) in [5.41, 5.74) is 25.0. The monoisotopic (exact) mass is 1350 g/mol. The highest BCUT2D eigenvalue weighted by Gasteiger charge is 2.60. The molecule has 6 unspecified atom stereocenters. The second kappa shape index (κ2) is 22.6. The van der Waals surface area contributed by atoms with Gasteiger partial charge in [-0.25, -0.2) is 0 Å². The van der Waals surface area contributed by atoms with E-state index in [4.69, 9.17) is 0 Å². The average molecular weight is 1350 g/mol. The second-order valence-electron chi connectivity index (χ2n) is 33.7. The van der Waals surface area contributed by atoms with Gasteiger partial charge in [-0.15, -0.1) is 0 Å². The van der Waals surface area contributed by atoms with Gasteiger partial charge in [-0.05, 0) is 269 Å². The number of anilines is 6. The molecule has 0 aromatic heterocycles. The van der Waals surface area contributed by atoms with Gasteiger partial charge in [0.05, 0.1) is 16.6 Å². The van der Waals surface area contributed by atoms with Gasteiger partial charge in [0.25, 0.3) is 0 Å². The van der Waals surface area contributed by atoms with Crippen LogP contribution in [0.25, 0.3) is 120 Å². The Morgan fingerprint density at radius 1 is 0.221 bits per heavy atom. The summed E-state index contributed by atoms with van der Waals surface area (Å²) in [4.78, 5) is 8.24. The van der Waals surface area contributed by atoms with E-state index in [9.17, 15) is 0 Å². The van der Waals surface area contributed by atoms with Crippen LogP contribution in [0.5, 0.6) is 0 Å². The summed E-state index contributed by atoms with van der Waals surface area (Å²) in [6, 6.07) is 103. The van der Waals surface area contributed by atoms with Crippen LogP contribution in [0, 0.1) is 0 Å². The Labute approximate surface area is 613 Å². The lowest BCUT2D eigenvalue weighted by atomic mass is 9.66. The molecule has 3 nitrogen and oxygen atoms in total. The van der Waals surface area contributed by atoms with E-state index < -0.39 is 0 Å². The van der Waals surface area contributed by atoms with E-state index in [1.165, 1.54) is 242 Å². The normalized spacial score (nSPS) is 24.4. The van der Waals surface area contributed by atoms with E-state index in [0.717, 1.165) is 25.7 Å². The maximum absolute atomic E-state index is 2.76. The van der Waals surface area contributed by atoms with Crippen molar-refractivity contribution in [1.29, 1.82) is 0 Å². The van der Waals surface area contributed by atoms with Crippen molar-refractivity contribution in [2.45, 2.75) is 171 Å². The second-order valence-corrected chi connectivity index (χ2v) is 33.7. The van der Waals surface area contributed by atoms with Crippen LogP contribution in [0.15, 0.2) is 261 Å². The van der Waals surface area contributed by atoms with Crippen LogP contribution in [0.3, 0.4) is 0 Å². The zero-order valence-corrected chi connectivity index (χ0v) is 61.3. The molecule has 21 rings (SSSR count). The van der Waals surface area contributed by atoms with E-state index in [2.05, 4.69) is 317 Å². The Kier molecular flexibility index (Phi) is 13.6. The van der Waals surface area contributed by atoms with Crippen LogP contribution >= 0.6 is 0 Å². The molecule has 3 aliphatic heterocycles. The van der Waals surface area contributed by atoms with Gasteiger partial charge in [0, 0.05) is 50.4 Å². The summed E-state index contributed by atoms with van der Waals surface area (Å²) < 4.78 is 0. The first-order valence-electron chi connectivity index (χ1n) is 39.4. The van der Waals surface area contributed by atoms with E-state index in [1.54, 1.807) is 0 Å². The van der Waals surface area contributed by atoms with Gasteiger partial charge >= 0.3 is 0 Å². The van der Waals surface area contributed by atoms with Crippen molar-refractivity contribution >= 4 is 98.8 Å². The Morgan fingerprint density at radius 2 is 0.529 bits per heavy atom. The number of nitrogens with zero attached hydrogens (tertiary/aromatic N) is 3. The standard InChI is InChI=1S/C101H91N3/c1-96-56-25-12-28-59-99(96,4)102(70-36-19-9-20-37-70)84-53-44-67(62-81(84)96)73-47-50-78-89-76(73)42-31-43-77(89)92-87(65-32-15-7-16-33-65)94-79-51-48-74(68-45-54-85-82(63-68)97(2)57-26-13-29-60-100(97,5)103(85)71-38-21-10-22-39-71)90-75(49-52-80(91(79)90)95(94)88(93(78)92)66-34-17-8-18-35-66)69-46-55-86-83(64-69)98(3)58-27-14-30-61-101(98,6)104(86)72-40-23-11-24-41-72/h7-11,15-24,31-55,62-64H,12-14,25-30,56-61H2,1-6H3. The minimum Gasteiger partial charge on any atom is -0.334 e. The molecule has 6 atom stereocenters. The topological polar surface area (TPSA) is 9.72 Å². The smallest absolute Gasteiger partial charge is 0.0517 e. The molecule has 0 saturated heterocycles. The van der Waals surface area contributed by atoms with Crippen molar-refractivity contribution in [3.8, 4) is 55.6 Å². The van der Waals surface area contributed by atoms with Crippen LogP contribution in [0.1, 0.15) is 155 Å². The summed E-state index contributed by atoms with van der Waals surface area (Å²) in [5, 5.41) is 16.0. The first kappa shape index (κ1) is 62.4. The molecule has 104 heavy (non-hydrogen) atoms. The zero-order valence-electron chi connectivity index (χ0n) is 61.3. The van der Waals surface area contributed by atoms with Crippen molar-refractivity contribution in [2.24, 2.45) is 0 Å². The van der Waals surface area contributed by atoms with Gasteiger partial charge in [0.2, 0.25) is 0 Å². The molecule has 15 aromatic rings. The fraction of sp³-hybridized carbons (Fsp3) is 0.267. The number of benzene rings is 13. The maximum atomic E-state index is 2.76. The van der Waals surface area contributed by atoms with E-state index in [0.29, 0.717) is 0 Å². The Hall–Kier alpha value is -10.2. The van der Waals surface area contributed by atoms with Gasteiger partial charge in [-0.2, -0.15) is 0 Å². The summed E-state index contributed by atoms with van der Waals surface area (Å²) >= 11 is 0. The number of hydrogen-bond acceptors (Lipinski definition) is 3. The molecule has 3 heterocycles. The van der Waals surface area contributed by atoms with Gasteiger partial charge in [-0.3, -0.25) is 0 Å². The molecule has 0 spiro atoms. The predicted molar refractivity (Wildman–Crippen MR) is 443 cm³/mol. The number of para-hydroxylation sites is 3. The summed E-state index contributed by atoms with van der Waals surface area (Å²) in [5.74, 6) is 0. The van der Waals surface area contributed by atoms with E-state index in [-0.39, 0.29) is 32.9 Å². The molecule has 0 N–H and O–H groups in total. The van der Waals surface area contributed by atoms with Crippen molar-refractivity contribution in [3.05, 3.63) is 278 Å².